The summed E-state index contributed by atoms with van der Waals surface area (Å²) in [5.74, 6) is 4.59. The van der Waals surface area contributed by atoms with E-state index in [1.165, 1.54) is 23.9 Å². The number of thioether (sulfide) groups is 1. The molecule has 4 rings (SSSR count). The molecular formula is C29H29FO3S2. The van der Waals surface area contributed by atoms with Gasteiger partial charge >= 0.3 is 0 Å². The molecule has 4 aromatic rings. The highest BCUT2D eigenvalue weighted by molar-refractivity contribution is 8.03. The molecule has 0 aliphatic heterocycles. The minimum absolute atomic E-state index is 0.269. The molecule has 0 saturated heterocycles. The fraction of sp³-hybridized carbons (Fsp3) is 0.138. The zero-order valence-corrected chi connectivity index (χ0v) is 21.7. The summed E-state index contributed by atoms with van der Waals surface area (Å²) in [5, 5.41) is 13.0. The zero-order valence-electron chi connectivity index (χ0n) is 20.1. The van der Waals surface area contributed by atoms with E-state index in [-0.39, 0.29) is 11.6 Å². The predicted octanol–water partition coefficient (Wildman–Crippen LogP) is 7.48. The van der Waals surface area contributed by atoms with Gasteiger partial charge < -0.3 is 9.84 Å². The van der Waals surface area contributed by atoms with Gasteiger partial charge in [-0.1, -0.05) is 54.6 Å². The lowest BCUT2D eigenvalue weighted by molar-refractivity contribution is 0.459. The maximum Gasteiger partial charge on any atom is 0.158 e. The van der Waals surface area contributed by atoms with Crippen molar-refractivity contribution in [3.8, 4) is 11.5 Å². The number of rotatable bonds is 6. The monoisotopic (exact) mass is 508 g/mol. The van der Waals surface area contributed by atoms with Gasteiger partial charge in [-0.3, -0.25) is 4.21 Å². The number of para-hydroxylation sites is 1. The van der Waals surface area contributed by atoms with Crippen molar-refractivity contribution in [3.05, 3.63) is 113 Å². The molecule has 0 heterocycles. The molecule has 1 unspecified atom stereocenters. The van der Waals surface area contributed by atoms with Crippen LogP contribution in [0.5, 0.6) is 11.5 Å². The third kappa shape index (κ3) is 7.64. The Labute approximate surface area is 211 Å². The van der Waals surface area contributed by atoms with E-state index in [1.807, 2.05) is 68.4 Å². The first-order valence-electron chi connectivity index (χ1n) is 10.9. The van der Waals surface area contributed by atoms with Crippen LogP contribution < -0.4 is 4.74 Å². The first-order chi connectivity index (χ1) is 16.5. The molecule has 1 N–H and O–H groups in total. The molecule has 1 atom stereocenters. The van der Waals surface area contributed by atoms with Crippen molar-refractivity contribution in [1.82, 2.24) is 0 Å². The van der Waals surface area contributed by atoms with Crippen molar-refractivity contribution in [3.63, 3.8) is 0 Å². The molecular weight excluding hydrogens is 479 g/mol. The smallest absolute Gasteiger partial charge is 0.158 e. The summed E-state index contributed by atoms with van der Waals surface area (Å²) in [6, 6.07) is 23.7. The van der Waals surface area contributed by atoms with Gasteiger partial charge in [0.1, 0.15) is 17.3 Å². The third-order valence-electron chi connectivity index (χ3n) is 5.09. The molecule has 0 aliphatic rings. The maximum atomic E-state index is 12.6. The first kappa shape index (κ1) is 26.4. The van der Waals surface area contributed by atoms with Crippen LogP contribution in [0.3, 0.4) is 0 Å². The summed E-state index contributed by atoms with van der Waals surface area (Å²) in [5.41, 5.74) is 2.90. The van der Waals surface area contributed by atoms with Crippen LogP contribution in [0.2, 0.25) is 0 Å². The van der Waals surface area contributed by atoms with E-state index in [0.717, 1.165) is 38.1 Å². The number of fused-ring (bicyclic) bond motifs is 1. The Morgan fingerprint density at radius 2 is 1.63 bits per heavy atom. The van der Waals surface area contributed by atoms with Crippen molar-refractivity contribution in [2.45, 2.75) is 24.5 Å². The first-order valence-corrected chi connectivity index (χ1v) is 14.0. The predicted molar refractivity (Wildman–Crippen MR) is 148 cm³/mol. The van der Waals surface area contributed by atoms with Gasteiger partial charge in [0, 0.05) is 17.4 Å². The Balaban J connectivity index is 0.000000241. The molecule has 4 aromatic carbocycles. The Morgan fingerprint density at radius 1 is 0.971 bits per heavy atom. The summed E-state index contributed by atoms with van der Waals surface area (Å²) in [6.45, 7) is 8.00. The number of ether oxygens (including phenoxy) is 1. The zero-order chi connectivity index (χ0) is 25.6. The largest absolute Gasteiger partial charge is 0.506 e. The molecule has 0 saturated carbocycles. The highest BCUT2D eigenvalue weighted by atomic mass is 32.2. The van der Waals surface area contributed by atoms with Crippen LogP contribution in [0, 0.1) is 19.7 Å². The van der Waals surface area contributed by atoms with E-state index in [9.17, 15) is 13.7 Å². The van der Waals surface area contributed by atoms with Crippen LogP contribution in [0.15, 0.2) is 95.4 Å². The minimum Gasteiger partial charge on any atom is -0.506 e. The standard InChI is InChI=1S/C20H18O2S.C9H11FOS/c1-13-8-4-7-11-18(13)22-15(3)23-19-12-14(2)16-9-5-6-10-17(16)20(19)21;1-12(2,11)7-8-4-3-5-9(10)6-8/h4-12,21H,3H2,1-2H3;3-6H,1,7H2,2H3. The van der Waals surface area contributed by atoms with Gasteiger partial charge in [-0.25, -0.2) is 4.39 Å². The van der Waals surface area contributed by atoms with E-state index in [2.05, 4.69) is 12.4 Å². The van der Waals surface area contributed by atoms with Crippen molar-refractivity contribution >= 4 is 37.9 Å². The Hall–Kier alpha value is -3.22. The molecule has 3 nitrogen and oxygen atoms in total. The number of aromatic hydroxyl groups is 1. The fourth-order valence-electron chi connectivity index (χ4n) is 3.50. The summed E-state index contributed by atoms with van der Waals surface area (Å²) in [4.78, 5) is 0.750. The topological polar surface area (TPSA) is 46.5 Å². The quantitative estimate of drug-likeness (QED) is 0.167. The van der Waals surface area contributed by atoms with Crippen molar-refractivity contribution in [2.24, 2.45) is 0 Å². The van der Waals surface area contributed by atoms with Crippen molar-refractivity contribution < 1.29 is 18.4 Å². The normalized spacial score (nSPS) is 12.3. The molecule has 182 valence electrons. The average molecular weight is 509 g/mol. The minimum atomic E-state index is -2.06. The number of halogens is 1. The average Bonchev–Trinajstić information content (AvgIpc) is 2.78. The van der Waals surface area contributed by atoms with Gasteiger partial charge in [0.25, 0.3) is 0 Å². The van der Waals surface area contributed by atoms with Gasteiger partial charge in [-0.05, 0) is 93.9 Å². The summed E-state index contributed by atoms with van der Waals surface area (Å²) in [6.07, 6.45) is 1.57. The number of benzene rings is 4. The number of hydrogen-bond donors (Lipinski definition) is 1. The van der Waals surface area contributed by atoms with E-state index >= 15 is 0 Å². The van der Waals surface area contributed by atoms with Crippen LogP contribution >= 0.6 is 11.8 Å². The molecule has 0 bridgehead atoms. The van der Waals surface area contributed by atoms with Gasteiger partial charge in [-0.2, -0.15) is 0 Å². The molecule has 0 aliphatic carbocycles. The van der Waals surface area contributed by atoms with E-state index in [1.54, 1.807) is 18.4 Å². The van der Waals surface area contributed by atoms with E-state index in [4.69, 9.17) is 4.74 Å². The summed E-state index contributed by atoms with van der Waals surface area (Å²) >= 11 is 1.34. The van der Waals surface area contributed by atoms with Gasteiger partial charge in [0.05, 0.1) is 4.90 Å². The molecule has 0 fully saturated rings. The SMILES string of the molecule is C=C(Oc1ccccc1C)Sc1cc(C)c2ccccc2c1O.C=S(C)(=O)Cc1cccc(F)c1. The molecule has 6 heteroatoms. The van der Waals surface area contributed by atoms with Crippen LogP contribution in [0.4, 0.5) is 4.39 Å². The lowest BCUT2D eigenvalue weighted by Gasteiger charge is -2.13. The van der Waals surface area contributed by atoms with Crippen LogP contribution in [0.1, 0.15) is 16.7 Å². The molecule has 0 aromatic heterocycles. The summed E-state index contributed by atoms with van der Waals surface area (Å²) < 4.78 is 29.7. The van der Waals surface area contributed by atoms with Crippen LogP contribution in [-0.4, -0.2) is 21.4 Å². The Kier molecular flexibility index (Phi) is 8.65. The Bertz CT molecular complexity index is 1460. The molecule has 35 heavy (non-hydrogen) atoms. The number of phenols is 1. The lowest BCUT2D eigenvalue weighted by Crippen LogP contribution is -2.00. The lowest BCUT2D eigenvalue weighted by atomic mass is 10.0. The number of phenolic OH excluding ortho intramolecular Hbond substituents is 1. The number of aryl methyl sites for hydroxylation is 2. The molecule has 0 radical (unpaired) electrons. The summed E-state index contributed by atoms with van der Waals surface area (Å²) in [7, 11) is -2.06. The van der Waals surface area contributed by atoms with E-state index < -0.39 is 9.52 Å². The second kappa shape index (κ2) is 11.5. The van der Waals surface area contributed by atoms with E-state index in [0.29, 0.717) is 10.8 Å². The van der Waals surface area contributed by atoms with Crippen molar-refractivity contribution in [1.29, 1.82) is 0 Å². The molecule has 0 amide bonds. The highest BCUT2D eigenvalue weighted by Gasteiger charge is 2.12. The van der Waals surface area contributed by atoms with Gasteiger partial charge in [0.2, 0.25) is 0 Å². The van der Waals surface area contributed by atoms with Crippen LogP contribution in [0.25, 0.3) is 10.8 Å². The maximum absolute atomic E-state index is 12.6. The van der Waals surface area contributed by atoms with Crippen LogP contribution in [-0.2, 0) is 15.3 Å². The van der Waals surface area contributed by atoms with Gasteiger partial charge in [-0.15, -0.1) is 0 Å². The fourth-order valence-corrected chi connectivity index (χ4v) is 5.21. The van der Waals surface area contributed by atoms with Gasteiger partial charge in [0.15, 0.2) is 5.09 Å². The third-order valence-corrected chi connectivity index (χ3v) is 6.88. The second-order valence-corrected chi connectivity index (χ2v) is 12.1. The number of hydrogen-bond acceptors (Lipinski definition) is 4. The second-order valence-electron chi connectivity index (χ2n) is 8.39. The highest BCUT2D eigenvalue weighted by Crippen LogP contribution is 2.40. The van der Waals surface area contributed by atoms with Crippen molar-refractivity contribution in [2.75, 3.05) is 6.26 Å². The Morgan fingerprint density at radius 3 is 2.29 bits per heavy atom. The molecule has 0 spiro atoms.